The number of amides is 1. The fourth-order valence-corrected chi connectivity index (χ4v) is 1.53. The Bertz CT molecular complexity index is 331. The van der Waals surface area contributed by atoms with Crippen LogP contribution in [0.4, 0.5) is 0 Å². The zero-order valence-corrected chi connectivity index (χ0v) is 8.37. The number of hydrogen-bond acceptors (Lipinski definition) is 3. The van der Waals surface area contributed by atoms with Crippen LogP contribution in [0, 0.1) is 11.3 Å². The second-order valence-corrected chi connectivity index (χ2v) is 4.42. The van der Waals surface area contributed by atoms with Crippen molar-refractivity contribution >= 4 is 5.91 Å². The predicted octanol–water partition coefficient (Wildman–Crippen LogP) is 0.467. The molecule has 0 unspecified atom stereocenters. The Kier molecular flexibility index (Phi) is 2.02. The molecule has 1 heterocycles. The molecule has 1 amide bonds. The van der Waals surface area contributed by atoms with Crippen molar-refractivity contribution in [2.75, 3.05) is 0 Å². The lowest BCUT2D eigenvalue weighted by molar-refractivity contribution is -0.123. The Morgan fingerprint density at radius 3 is 3.00 bits per heavy atom. The molecule has 1 saturated carbocycles. The van der Waals surface area contributed by atoms with Gasteiger partial charge in [-0.3, -0.25) is 4.79 Å². The van der Waals surface area contributed by atoms with E-state index in [1.165, 1.54) is 0 Å². The van der Waals surface area contributed by atoms with Crippen molar-refractivity contribution in [1.82, 2.24) is 20.7 Å². The molecule has 2 rings (SSSR count). The molecule has 1 atom stereocenters. The molecule has 1 aliphatic rings. The van der Waals surface area contributed by atoms with Crippen molar-refractivity contribution in [2.45, 2.75) is 26.8 Å². The van der Waals surface area contributed by atoms with Gasteiger partial charge in [0.15, 0.2) is 0 Å². The number of rotatable bonds is 3. The monoisotopic (exact) mass is 194 g/mol. The molecule has 1 aliphatic carbocycles. The van der Waals surface area contributed by atoms with Crippen molar-refractivity contribution in [3.05, 3.63) is 11.9 Å². The Labute approximate surface area is 82.3 Å². The highest BCUT2D eigenvalue weighted by Gasteiger charge is 2.50. The van der Waals surface area contributed by atoms with E-state index in [4.69, 9.17) is 0 Å². The predicted molar refractivity (Wildman–Crippen MR) is 50.1 cm³/mol. The molecule has 1 aromatic heterocycles. The highest BCUT2D eigenvalue weighted by Crippen LogP contribution is 2.51. The molecule has 0 radical (unpaired) electrons. The van der Waals surface area contributed by atoms with E-state index in [1.54, 1.807) is 6.20 Å². The molecular formula is C9H14N4O. The number of carbonyl (C=O) groups excluding carboxylic acids is 1. The van der Waals surface area contributed by atoms with Crippen molar-refractivity contribution in [2.24, 2.45) is 11.3 Å². The standard InChI is InChI=1S/C9H14N4O/c1-9(2)3-7(9)8(14)10-4-6-5-11-13-12-6/h5,7H,3-4H2,1-2H3,(H,10,14)(H,11,12,13)/t7-/m1/s1. The van der Waals surface area contributed by atoms with E-state index in [-0.39, 0.29) is 17.2 Å². The zero-order chi connectivity index (χ0) is 10.2. The van der Waals surface area contributed by atoms with E-state index >= 15 is 0 Å². The topological polar surface area (TPSA) is 70.7 Å². The van der Waals surface area contributed by atoms with Crippen LogP contribution in [-0.2, 0) is 11.3 Å². The zero-order valence-electron chi connectivity index (χ0n) is 8.37. The van der Waals surface area contributed by atoms with Gasteiger partial charge in [0.1, 0.15) is 5.69 Å². The van der Waals surface area contributed by atoms with Gasteiger partial charge in [-0.05, 0) is 11.8 Å². The molecule has 76 valence electrons. The van der Waals surface area contributed by atoms with Gasteiger partial charge in [0.2, 0.25) is 5.91 Å². The highest BCUT2D eigenvalue weighted by atomic mass is 16.2. The van der Waals surface area contributed by atoms with E-state index in [9.17, 15) is 4.79 Å². The molecule has 5 heteroatoms. The largest absolute Gasteiger partial charge is 0.350 e. The van der Waals surface area contributed by atoms with Gasteiger partial charge in [-0.25, -0.2) is 0 Å². The summed E-state index contributed by atoms with van der Waals surface area (Å²) in [6.45, 7) is 4.67. The molecule has 1 fully saturated rings. The maximum Gasteiger partial charge on any atom is 0.223 e. The quantitative estimate of drug-likeness (QED) is 0.734. The van der Waals surface area contributed by atoms with Gasteiger partial charge >= 0.3 is 0 Å². The minimum Gasteiger partial charge on any atom is -0.350 e. The third-order valence-corrected chi connectivity index (χ3v) is 2.74. The first kappa shape index (κ1) is 9.18. The lowest BCUT2D eigenvalue weighted by atomic mass is 10.1. The number of nitrogens with zero attached hydrogens (tertiary/aromatic N) is 2. The van der Waals surface area contributed by atoms with Crippen LogP contribution in [0.2, 0.25) is 0 Å². The van der Waals surface area contributed by atoms with E-state index in [2.05, 4.69) is 34.6 Å². The molecule has 0 aliphatic heterocycles. The van der Waals surface area contributed by atoms with Crippen LogP contribution in [0.25, 0.3) is 0 Å². The van der Waals surface area contributed by atoms with E-state index in [0.717, 1.165) is 12.1 Å². The average molecular weight is 194 g/mol. The van der Waals surface area contributed by atoms with Gasteiger partial charge in [-0.1, -0.05) is 13.8 Å². The first-order valence-electron chi connectivity index (χ1n) is 4.72. The number of nitrogens with one attached hydrogen (secondary N) is 2. The van der Waals surface area contributed by atoms with Crippen LogP contribution in [-0.4, -0.2) is 21.3 Å². The fraction of sp³-hybridized carbons (Fsp3) is 0.667. The van der Waals surface area contributed by atoms with Gasteiger partial charge in [-0.2, -0.15) is 15.4 Å². The summed E-state index contributed by atoms with van der Waals surface area (Å²) in [6, 6.07) is 0. The van der Waals surface area contributed by atoms with Crippen LogP contribution in [0.1, 0.15) is 26.0 Å². The smallest absolute Gasteiger partial charge is 0.223 e. The lowest BCUT2D eigenvalue weighted by Gasteiger charge is -2.03. The second-order valence-electron chi connectivity index (χ2n) is 4.42. The Hall–Kier alpha value is -1.39. The van der Waals surface area contributed by atoms with Crippen molar-refractivity contribution in [3.8, 4) is 0 Å². The summed E-state index contributed by atoms with van der Waals surface area (Å²) < 4.78 is 0. The Morgan fingerprint density at radius 1 is 1.79 bits per heavy atom. The number of hydrogen-bond donors (Lipinski definition) is 2. The molecule has 0 aromatic carbocycles. The van der Waals surface area contributed by atoms with Crippen LogP contribution in [0.3, 0.4) is 0 Å². The summed E-state index contributed by atoms with van der Waals surface area (Å²) in [6.07, 6.45) is 2.59. The van der Waals surface area contributed by atoms with Crippen LogP contribution < -0.4 is 5.32 Å². The summed E-state index contributed by atoms with van der Waals surface area (Å²) in [5.74, 6) is 0.299. The first-order chi connectivity index (χ1) is 6.59. The average Bonchev–Trinajstić information content (AvgIpc) is 2.61. The van der Waals surface area contributed by atoms with Crippen molar-refractivity contribution < 1.29 is 4.79 Å². The van der Waals surface area contributed by atoms with Gasteiger partial charge in [-0.15, -0.1) is 0 Å². The molecule has 5 nitrogen and oxygen atoms in total. The summed E-state index contributed by atoms with van der Waals surface area (Å²) in [5, 5.41) is 12.9. The molecule has 0 saturated heterocycles. The SMILES string of the molecule is CC1(C)C[C@@H]1C(=O)NCc1cn[nH]n1. The number of aromatic amines is 1. The molecule has 1 aromatic rings. The second kappa shape index (κ2) is 3.08. The molecular weight excluding hydrogens is 180 g/mol. The molecule has 14 heavy (non-hydrogen) atoms. The molecule has 0 spiro atoms. The number of carbonyl (C=O) groups is 1. The minimum atomic E-state index is 0.123. The number of H-pyrrole nitrogens is 1. The molecule has 2 N–H and O–H groups in total. The molecule has 0 bridgehead atoms. The number of aromatic nitrogens is 3. The van der Waals surface area contributed by atoms with Crippen molar-refractivity contribution in [3.63, 3.8) is 0 Å². The highest BCUT2D eigenvalue weighted by molar-refractivity contribution is 5.82. The minimum absolute atomic E-state index is 0.123. The van der Waals surface area contributed by atoms with Crippen LogP contribution in [0.5, 0.6) is 0 Å². The van der Waals surface area contributed by atoms with Crippen LogP contribution in [0.15, 0.2) is 6.20 Å². The van der Waals surface area contributed by atoms with E-state index in [0.29, 0.717) is 6.54 Å². The normalized spacial score (nSPS) is 23.1. The van der Waals surface area contributed by atoms with Gasteiger partial charge in [0.25, 0.3) is 0 Å². The van der Waals surface area contributed by atoms with Gasteiger partial charge in [0, 0.05) is 5.92 Å². The van der Waals surface area contributed by atoms with Crippen molar-refractivity contribution in [1.29, 1.82) is 0 Å². The van der Waals surface area contributed by atoms with Crippen LogP contribution >= 0.6 is 0 Å². The third-order valence-electron chi connectivity index (χ3n) is 2.74. The van der Waals surface area contributed by atoms with E-state index < -0.39 is 0 Å². The lowest BCUT2D eigenvalue weighted by Crippen LogP contribution is -2.26. The maximum atomic E-state index is 11.5. The first-order valence-corrected chi connectivity index (χ1v) is 4.72. The summed E-state index contributed by atoms with van der Waals surface area (Å²) in [5.41, 5.74) is 0.949. The van der Waals surface area contributed by atoms with Gasteiger partial charge in [0.05, 0.1) is 12.7 Å². The fourth-order valence-electron chi connectivity index (χ4n) is 1.53. The Balaban J connectivity index is 1.80. The maximum absolute atomic E-state index is 11.5. The van der Waals surface area contributed by atoms with Gasteiger partial charge < -0.3 is 5.32 Å². The Morgan fingerprint density at radius 2 is 2.50 bits per heavy atom. The summed E-state index contributed by atoms with van der Waals surface area (Å²) in [4.78, 5) is 11.5. The third kappa shape index (κ3) is 1.76. The summed E-state index contributed by atoms with van der Waals surface area (Å²) in [7, 11) is 0. The van der Waals surface area contributed by atoms with E-state index in [1.807, 2.05) is 0 Å². The summed E-state index contributed by atoms with van der Waals surface area (Å²) >= 11 is 0.